The first-order chi connectivity index (χ1) is 12.6. The third-order valence-electron chi connectivity index (χ3n) is 5.32. The first kappa shape index (κ1) is 17.5. The number of aromatic nitrogens is 2. The number of rotatable bonds is 5. The number of para-hydroxylation sites is 1. The summed E-state index contributed by atoms with van der Waals surface area (Å²) in [7, 11) is 1.90. The number of carbonyl (C=O) groups excluding carboxylic acids is 1. The van der Waals surface area contributed by atoms with Gasteiger partial charge in [-0.3, -0.25) is 9.48 Å². The van der Waals surface area contributed by atoms with E-state index in [0.717, 1.165) is 37.1 Å². The van der Waals surface area contributed by atoms with Crippen molar-refractivity contribution < 1.29 is 9.53 Å². The van der Waals surface area contributed by atoms with Gasteiger partial charge in [0, 0.05) is 38.5 Å². The Morgan fingerprint density at radius 1 is 1.42 bits per heavy atom. The van der Waals surface area contributed by atoms with Crippen LogP contribution in [-0.2, 0) is 22.2 Å². The Morgan fingerprint density at radius 2 is 2.27 bits per heavy atom. The number of amides is 1. The number of nitrogens with zero attached hydrogens (tertiary/aromatic N) is 3. The van der Waals surface area contributed by atoms with E-state index in [4.69, 9.17) is 16.3 Å². The molecule has 26 heavy (non-hydrogen) atoms. The molecule has 0 spiro atoms. The van der Waals surface area contributed by atoms with Crippen LogP contribution in [0.1, 0.15) is 24.8 Å². The van der Waals surface area contributed by atoms with Gasteiger partial charge in [0.05, 0.1) is 22.9 Å². The van der Waals surface area contributed by atoms with Gasteiger partial charge in [0.25, 0.3) is 0 Å². The van der Waals surface area contributed by atoms with Gasteiger partial charge >= 0.3 is 0 Å². The van der Waals surface area contributed by atoms with Crippen molar-refractivity contribution in [2.45, 2.75) is 30.9 Å². The van der Waals surface area contributed by atoms with E-state index < -0.39 is 5.60 Å². The number of aryl methyl sites for hydroxylation is 1. The summed E-state index contributed by atoms with van der Waals surface area (Å²) >= 11 is 6.26. The van der Waals surface area contributed by atoms with E-state index in [0.29, 0.717) is 18.1 Å². The molecule has 1 amide bonds. The number of halogens is 1. The highest BCUT2D eigenvalue weighted by Gasteiger charge is 2.40. The number of anilines is 1. The highest BCUT2D eigenvalue weighted by atomic mass is 35.5. The van der Waals surface area contributed by atoms with E-state index in [-0.39, 0.29) is 11.9 Å². The molecule has 0 bridgehead atoms. The number of benzene rings is 1. The smallest absolute Gasteiger partial charge is 0.244 e. The monoisotopic (exact) mass is 374 g/mol. The van der Waals surface area contributed by atoms with Crippen LogP contribution in [0.5, 0.6) is 0 Å². The van der Waals surface area contributed by atoms with Crippen molar-refractivity contribution in [3.63, 3.8) is 0 Å². The second kappa shape index (κ2) is 7.02. The van der Waals surface area contributed by atoms with Gasteiger partial charge in [-0.2, -0.15) is 5.10 Å². The number of ether oxygens (including phenoxy) is 1. The molecule has 2 atom stereocenters. The molecule has 1 aromatic carbocycles. The van der Waals surface area contributed by atoms with Crippen LogP contribution in [0.3, 0.4) is 0 Å². The standard InChI is InChI=1S/C19H23ClN4O2/c1-23-12-14(11-22-23)19(8-4-10-26-19)13-21-16-7-9-24(18(16)25)17-6-3-2-5-15(17)20/h2-3,5-6,11-12,16,21H,4,7-10,13H2,1H3. The molecule has 0 radical (unpaired) electrons. The molecular weight excluding hydrogens is 352 g/mol. The van der Waals surface area contributed by atoms with Crippen molar-refractivity contribution in [3.8, 4) is 0 Å². The lowest BCUT2D eigenvalue weighted by atomic mass is 9.93. The maximum Gasteiger partial charge on any atom is 0.244 e. The second-order valence-electron chi connectivity index (χ2n) is 7.01. The van der Waals surface area contributed by atoms with Gasteiger partial charge in [-0.15, -0.1) is 0 Å². The molecule has 0 aliphatic carbocycles. The van der Waals surface area contributed by atoms with Gasteiger partial charge in [-0.25, -0.2) is 0 Å². The Morgan fingerprint density at radius 3 is 2.96 bits per heavy atom. The van der Waals surface area contributed by atoms with E-state index in [1.54, 1.807) is 9.58 Å². The fourth-order valence-electron chi connectivity index (χ4n) is 3.89. The van der Waals surface area contributed by atoms with Crippen molar-refractivity contribution in [1.29, 1.82) is 0 Å². The van der Waals surface area contributed by atoms with E-state index in [1.807, 2.05) is 43.7 Å². The van der Waals surface area contributed by atoms with Gasteiger partial charge in [-0.1, -0.05) is 23.7 Å². The summed E-state index contributed by atoms with van der Waals surface area (Å²) in [6, 6.07) is 7.26. The van der Waals surface area contributed by atoms with E-state index in [2.05, 4.69) is 10.4 Å². The van der Waals surface area contributed by atoms with Crippen LogP contribution >= 0.6 is 11.6 Å². The van der Waals surface area contributed by atoms with Gasteiger partial charge in [-0.05, 0) is 31.4 Å². The highest BCUT2D eigenvalue weighted by molar-refractivity contribution is 6.33. The molecule has 1 N–H and O–H groups in total. The molecule has 2 aromatic rings. The van der Waals surface area contributed by atoms with Gasteiger partial charge in [0.2, 0.25) is 5.91 Å². The number of hydrogen-bond donors (Lipinski definition) is 1. The minimum Gasteiger partial charge on any atom is -0.369 e. The van der Waals surface area contributed by atoms with E-state index >= 15 is 0 Å². The summed E-state index contributed by atoms with van der Waals surface area (Å²) in [6.07, 6.45) is 6.56. The Balaban J connectivity index is 1.46. The first-order valence-corrected chi connectivity index (χ1v) is 9.39. The Labute approximate surface area is 158 Å². The van der Waals surface area contributed by atoms with Crippen LogP contribution in [0.2, 0.25) is 5.02 Å². The Bertz CT molecular complexity index is 800. The van der Waals surface area contributed by atoms with Crippen LogP contribution in [-0.4, -0.2) is 41.4 Å². The first-order valence-electron chi connectivity index (χ1n) is 9.01. The van der Waals surface area contributed by atoms with Gasteiger partial charge < -0.3 is 15.0 Å². The normalized spacial score (nSPS) is 26.0. The topological polar surface area (TPSA) is 59.4 Å². The molecule has 2 unspecified atom stereocenters. The molecule has 2 aliphatic rings. The maximum absolute atomic E-state index is 12.9. The summed E-state index contributed by atoms with van der Waals surface area (Å²) in [5, 5.41) is 8.33. The third-order valence-corrected chi connectivity index (χ3v) is 5.64. The van der Waals surface area contributed by atoms with Crippen molar-refractivity contribution in [2.24, 2.45) is 7.05 Å². The average molecular weight is 375 g/mol. The van der Waals surface area contributed by atoms with Crippen molar-refractivity contribution in [2.75, 3.05) is 24.6 Å². The predicted molar refractivity (Wildman–Crippen MR) is 100 cm³/mol. The average Bonchev–Trinajstić information content (AvgIpc) is 3.35. The van der Waals surface area contributed by atoms with Crippen molar-refractivity contribution in [3.05, 3.63) is 47.2 Å². The second-order valence-corrected chi connectivity index (χ2v) is 7.42. The Kier molecular flexibility index (Phi) is 4.73. The number of carbonyl (C=O) groups is 1. The molecule has 2 saturated heterocycles. The molecule has 4 rings (SSSR count). The maximum atomic E-state index is 12.9. The fourth-order valence-corrected chi connectivity index (χ4v) is 4.13. The molecule has 7 heteroatoms. The highest BCUT2D eigenvalue weighted by Crippen LogP contribution is 2.36. The molecule has 2 aliphatic heterocycles. The fraction of sp³-hybridized carbons (Fsp3) is 0.474. The summed E-state index contributed by atoms with van der Waals surface area (Å²) in [4.78, 5) is 14.6. The zero-order valence-corrected chi connectivity index (χ0v) is 15.6. The van der Waals surface area contributed by atoms with Crippen LogP contribution in [0, 0.1) is 0 Å². The zero-order valence-electron chi connectivity index (χ0n) is 14.8. The molecule has 0 saturated carbocycles. The summed E-state index contributed by atoms with van der Waals surface area (Å²) in [5.74, 6) is 0.0671. The summed E-state index contributed by atoms with van der Waals surface area (Å²) < 4.78 is 7.89. The number of nitrogens with one attached hydrogen (secondary N) is 1. The summed E-state index contributed by atoms with van der Waals surface area (Å²) in [6.45, 7) is 2.01. The molecule has 138 valence electrons. The van der Waals surface area contributed by atoms with Gasteiger partial charge in [0.15, 0.2) is 0 Å². The zero-order chi connectivity index (χ0) is 18.1. The lowest BCUT2D eigenvalue weighted by Gasteiger charge is -2.29. The molecule has 2 fully saturated rings. The van der Waals surface area contributed by atoms with E-state index in [9.17, 15) is 4.79 Å². The van der Waals surface area contributed by atoms with Crippen LogP contribution in [0.15, 0.2) is 36.7 Å². The van der Waals surface area contributed by atoms with Crippen LogP contribution < -0.4 is 10.2 Å². The number of hydrogen-bond acceptors (Lipinski definition) is 4. The van der Waals surface area contributed by atoms with Crippen molar-refractivity contribution >= 4 is 23.2 Å². The minimum absolute atomic E-state index is 0.0671. The molecular formula is C19H23ClN4O2. The van der Waals surface area contributed by atoms with Crippen LogP contribution in [0.4, 0.5) is 5.69 Å². The lowest BCUT2D eigenvalue weighted by molar-refractivity contribution is -0.119. The largest absolute Gasteiger partial charge is 0.369 e. The third kappa shape index (κ3) is 3.13. The van der Waals surface area contributed by atoms with Gasteiger partial charge in [0.1, 0.15) is 5.60 Å². The molecule has 6 nitrogen and oxygen atoms in total. The van der Waals surface area contributed by atoms with Crippen molar-refractivity contribution in [1.82, 2.24) is 15.1 Å². The summed E-state index contributed by atoms with van der Waals surface area (Å²) in [5.41, 5.74) is 1.45. The lowest BCUT2D eigenvalue weighted by Crippen LogP contribution is -2.45. The SMILES string of the molecule is Cn1cc(C2(CNC3CCN(c4ccccc4Cl)C3=O)CCCO2)cn1. The molecule has 3 heterocycles. The van der Waals surface area contributed by atoms with E-state index in [1.165, 1.54) is 0 Å². The van der Waals surface area contributed by atoms with Crippen LogP contribution in [0.25, 0.3) is 0 Å². The Hall–Kier alpha value is -1.89. The quantitative estimate of drug-likeness (QED) is 0.873. The predicted octanol–water partition coefficient (Wildman–Crippen LogP) is 2.47. The molecule has 1 aromatic heterocycles. The minimum atomic E-state index is -0.396.